The quantitative estimate of drug-likeness (QED) is 0.161. The van der Waals surface area contributed by atoms with Crippen molar-refractivity contribution in [2.45, 2.75) is 0 Å². The number of hydrogen-bond acceptors (Lipinski definition) is 4. The summed E-state index contributed by atoms with van der Waals surface area (Å²) in [4.78, 5) is 15.4. The molecular formula is C57H36N4O. The Hall–Kier alpha value is -8.41. The Morgan fingerprint density at radius 2 is 0.774 bits per heavy atom. The monoisotopic (exact) mass is 792 g/mol. The summed E-state index contributed by atoms with van der Waals surface area (Å²) >= 11 is 0. The minimum absolute atomic E-state index is 0.548. The third-order valence-corrected chi connectivity index (χ3v) is 11.9. The predicted octanol–water partition coefficient (Wildman–Crippen LogP) is 14.9. The van der Waals surface area contributed by atoms with Gasteiger partial charge in [-0.3, -0.25) is 0 Å². The second-order valence-corrected chi connectivity index (χ2v) is 15.6. The summed E-state index contributed by atoms with van der Waals surface area (Å²) in [5.74, 6) is 1.74. The topological polar surface area (TPSA) is 56.7 Å². The van der Waals surface area contributed by atoms with Crippen molar-refractivity contribution in [3.8, 4) is 73.2 Å². The molecule has 12 rings (SSSR count). The first-order valence-electron chi connectivity index (χ1n) is 20.8. The molecule has 12 aromatic rings. The summed E-state index contributed by atoms with van der Waals surface area (Å²) in [6.45, 7) is 0. The van der Waals surface area contributed by atoms with E-state index in [9.17, 15) is 0 Å². The van der Waals surface area contributed by atoms with Crippen molar-refractivity contribution < 1.29 is 4.42 Å². The minimum atomic E-state index is 0.548. The van der Waals surface area contributed by atoms with Gasteiger partial charge in [-0.2, -0.15) is 0 Å². The molecule has 0 aliphatic rings. The fourth-order valence-corrected chi connectivity index (χ4v) is 8.87. The fraction of sp³-hybridized carbons (Fsp3) is 0. The summed E-state index contributed by atoms with van der Waals surface area (Å²) < 4.78 is 9.48. The molecule has 3 aromatic heterocycles. The SMILES string of the molecule is c1ccc(-c2cccc(-c3ccc(-n4c5ccccc5c5ccc6c7cccc(-c8nc(-c9ccccc9)nc(-c9cccc(-c%10ccccc%10)c9)n8)c7oc6c54)cc3)c2)cc1. The van der Waals surface area contributed by atoms with Gasteiger partial charge in [0.05, 0.1) is 16.6 Å². The number of aromatic nitrogens is 4. The summed E-state index contributed by atoms with van der Waals surface area (Å²) in [7, 11) is 0. The van der Waals surface area contributed by atoms with Crippen molar-refractivity contribution in [3.05, 3.63) is 218 Å². The van der Waals surface area contributed by atoms with Crippen LogP contribution in [0.4, 0.5) is 0 Å². The molecule has 0 unspecified atom stereocenters. The highest BCUT2D eigenvalue weighted by Crippen LogP contribution is 2.43. The van der Waals surface area contributed by atoms with E-state index in [0.29, 0.717) is 17.5 Å². The van der Waals surface area contributed by atoms with Crippen molar-refractivity contribution in [1.29, 1.82) is 0 Å². The molecule has 0 atom stereocenters. The average Bonchev–Trinajstić information content (AvgIpc) is 3.91. The second-order valence-electron chi connectivity index (χ2n) is 15.6. The lowest BCUT2D eigenvalue weighted by molar-refractivity contribution is 0.671. The number of rotatable bonds is 7. The maximum Gasteiger partial charge on any atom is 0.167 e. The minimum Gasteiger partial charge on any atom is -0.453 e. The van der Waals surface area contributed by atoms with E-state index >= 15 is 0 Å². The van der Waals surface area contributed by atoms with E-state index in [1.807, 2.05) is 36.4 Å². The maximum atomic E-state index is 7.14. The molecule has 0 radical (unpaired) electrons. The van der Waals surface area contributed by atoms with Crippen molar-refractivity contribution in [3.63, 3.8) is 0 Å². The van der Waals surface area contributed by atoms with Gasteiger partial charge in [-0.15, -0.1) is 0 Å². The first kappa shape index (κ1) is 35.5. The van der Waals surface area contributed by atoms with Gasteiger partial charge in [0, 0.05) is 38.4 Å². The van der Waals surface area contributed by atoms with Crippen LogP contribution in [0.1, 0.15) is 0 Å². The van der Waals surface area contributed by atoms with Crippen molar-refractivity contribution in [1.82, 2.24) is 19.5 Å². The molecule has 0 spiro atoms. The van der Waals surface area contributed by atoms with Crippen molar-refractivity contribution in [2.75, 3.05) is 0 Å². The molecule has 0 amide bonds. The lowest BCUT2D eigenvalue weighted by atomic mass is 9.99. The van der Waals surface area contributed by atoms with Gasteiger partial charge in [0.15, 0.2) is 23.1 Å². The highest BCUT2D eigenvalue weighted by molar-refractivity contribution is 6.22. The number of furan rings is 1. The fourth-order valence-electron chi connectivity index (χ4n) is 8.87. The van der Waals surface area contributed by atoms with Crippen LogP contribution in [-0.2, 0) is 0 Å². The standard InChI is InChI=1S/C57H36N4O/c1-4-15-37(16-5-1)41-21-12-22-42(35-41)39-29-31-45(32-30-39)61-51-28-11-10-25-46(51)47-33-34-49-48-26-14-27-50(53(48)62-54(49)52(47)61)57-59-55(40-19-8-3-9-20-40)58-56(60-57)44-24-13-23-43(36-44)38-17-6-2-7-18-38/h1-36H. The summed E-state index contributed by atoms with van der Waals surface area (Å²) in [5.41, 5.74) is 14.3. The van der Waals surface area contributed by atoms with E-state index in [-0.39, 0.29) is 0 Å². The van der Waals surface area contributed by atoms with E-state index in [0.717, 1.165) is 82.8 Å². The molecule has 62 heavy (non-hydrogen) atoms. The highest BCUT2D eigenvalue weighted by atomic mass is 16.3. The molecule has 0 saturated carbocycles. The Morgan fingerprint density at radius 1 is 0.306 bits per heavy atom. The van der Waals surface area contributed by atoms with Gasteiger partial charge >= 0.3 is 0 Å². The number of benzene rings is 9. The molecule has 0 saturated heterocycles. The lowest BCUT2D eigenvalue weighted by Crippen LogP contribution is -2.00. The van der Waals surface area contributed by atoms with Crippen LogP contribution in [-0.4, -0.2) is 19.5 Å². The largest absolute Gasteiger partial charge is 0.453 e. The van der Waals surface area contributed by atoms with Gasteiger partial charge in [0.25, 0.3) is 0 Å². The van der Waals surface area contributed by atoms with Crippen LogP contribution in [0.2, 0.25) is 0 Å². The molecule has 0 N–H and O–H groups in total. The molecule has 5 nitrogen and oxygen atoms in total. The molecule has 0 bridgehead atoms. The molecule has 3 heterocycles. The number of para-hydroxylation sites is 2. The van der Waals surface area contributed by atoms with Crippen LogP contribution in [0.5, 0.6) is 0 Å². The normalized spacial score (nSPS) is 11.5. The summed E-state index contributed by atoms with van der Waals surface area (Å²) in [6.07, 6.45) is 0. The van der Waals surface area contributed by atoms with E-state index in [2.05, 4.69) is 187 Å². The van der Waals surface area contributed by atoms with Crippen LogP contribution < -0.4 is 0 Å². The van der Waals surface area contributed by atoms with Gasteiger partial charge in [0.1, 0.15) is 5.58 Å². The van der Waals surface area contributed by atoms with E-state index in [1.54, 1.807) is 0 Å². The van der Waals surface area contributed by atoms with Crippen molar-refractivity contribution >= 4 is 43.7 Å². The summed E-state index contributed by atoms with van der Waals surface area (Å²) in [6, 6.07) is 76.3. The number of fused-ring (bicyclic) bond motifs is 7. The zero-order chi connectivity index (χ0) is 41.0. The third-order valence-electron chi connectivity index (χ3n) is 11.9. The first-order chi connectivity index (χ1) is 30.7. The van der Waals surface area contributed by atoms with Crippen LogP contribution in [0, 0.1) is 0 Å². The van der Waals surface area contributed by atoms with E-state index in [4.69, 9.17) is 19.4 Å². The van der Waals surface area contributed by atoms with Crippen LogP contribution in [0.15, 0.2) is 223 Å². The Kier molecular flexibility index (Phi) is 8.42. The van der Waals surface area contributed by atoms with Crippen molar-refractivity contribution in [2.24, 2.45) is 0 Å². The van der Waals surface area contributed by atoms with Gasteiger partial charge in [-0.05, 0) is 75.8 Å². The molecular weight excluding hydrogens is 757 g/mol. The van der Waals surface area contributed by atoms with Crippen LogP contribution in [0.25, 0.3) is 117 Å². The molecule has 0 aliphatic carbocycles. The van der Waals surface area contributed by atoms with E-state index in [1.165, 1.54) is 16.7 Å². The van der Waals surface area contributed by atoms with Gasteiger partial charge in [0.2, 0.25) is 0 Å². The highest BCUT2D eigenvalue weighted by Gasteiger charge is 2.22. The van der Waals surface area contributed by atoms with Gasteiger partial charge in [-0.25, -0.2) is 15.0 Å². The number of nitrogens with zero attached hydrogens (tertiary/aromatic N) is 4. The first-order valence-corrected chi connectivity index (χ1v) is 20.8. The molecule has 0 aliphatic heterocycles. The predicted molar refractivity (Wildman–Crippen MR) is 254 cm³/mol. The second kappa shape index (κ2) is 14.7. The Balaban J connectivity index is 1.03. The zero-order valence-electron chi connectivity index (χ0n) is 33.5. The van der Waals surface area contributed by atoms with Crippen LogP contribution in [0.3, 0.4) is 0 Å². The Labute approximate surface area is 357 Å². The molecule has 0 fully saturated rings. The average molecular weight is 793 g/mol. The molecule has 9 aromatic carbocycles. The molecule has 5 heteroatoms. The third kappa shape index (κ3) is 6.06. The maximum absolute atomic E-state index is 7.14. The van der Waals surface area contributed by atoms with E-state index < -0.39 is 0 Å². The summed E-state index contributed by atoms with van der Waals surface area (Å²) in [5, 5.41) is 4.32. The smallest absolute Gasteiger partial charge is 0.167 e. The Morgan fingerprint density at radius 3 is 1.45 bits per heavy atom. The zero-order valence-corrected chi connectivity index (χ0v) is 33.5. The van der Waals surface area contributed by atoms with Gasteiger partial charge < -0.3 is 8.98 Å². The molecule has 290 valence electrons. The number of hydrogen-bond donors (Lipinski definition) is 0. The Bertz CT molecular complexity index is 3610. The van der Waals surface area contributed by atoms with Crippen LogP contribution >= 0.6 is 0 Å². The lowest BCUT2D eigenvalue weighted by Gasteiger charge is -2.10. The van der Waals surface area contributed by atoms with Gasteiger partial charge in [-0.1, -0.05) is 176 Å².